The molecule has 5 heteroatoms. The van der Waals surface area contributed by atoms with E-state index in [-0.39, 0.29) is 25.5 Å². The highest BCUT2D eigenvalue weighted by Crippen LogP contribution is 2.20. The Kier molecular flexibility index (Phi) is 7.86. The minimum atomic E-state index is -0.468. The summed E-state index contributed by atoms with van der Waals surface area (Å²) in [5.41, 5.74) is 3.00. The van der Waals surface area contributed by atoms with Gasteiger partial charge in [0.1, 0.15) is 5.75 Å². The molecule has 1 atom stereocenters. The van der Waals surface area contributed by atoms with E-state index in [1.54, 1.807) is 0 Å². The molecule has 5 nitrogen and oxygen atoms in total. The highest BCUT2D eigenvalue weighted by molar-refractivity contribution is 5.92. The Balaban J connectivity index is 1.68. The largest absolute Gasteiger partial charge is 0.493 e. The van der Waals surface area contributed by atoms with Gasteiger partial charge in [-0.3, -0.25) is 9.59 Å². The van der Waals surface area contributed by atoms with Crippen molar-refractivity contribution >= 4 is 17.6 Å². The quantitative estimate of drug-likeness (QED) is 0.663. The lowest BCUT2D eigenvalue weighted by Gasteiger charge is -2.11. The van der Waals surface area contributed by atoms with E-state index in [0.29, 0.717) is 17.4 Å². The summed E-state index contributed by atoms with van der Waals surface area (Å²) in [5, 5.41) is 2.72. The molecule has 2 rings (SSSR count). The molecule has 27 heavy (non-hydrogen) atoms. The Morgan fingerprint density at radius 3 is 2.52 bits per heavy atom. The lowest BCUT2D eigenvalue weighted by Crippen LogP contribution is -2.21. The second kappa shape index (κ2) is 10.4. The van der Waals surface area contributed by atoms with Crippen LogP contribution in [0.5, 0.6) is 5.75 Å². The summed E-state index contributed by atoms with van der Waals surface area (Å²) >= 11 is 0. The average Bonchev–Trinajstić information content (AvgIpc) is 2.66. The van der Waals surface area contributed by atoms with Crippen LogP contribution in [0.1, 0.15) is 43.7 Å². The Hall–Kier alpha value is -2.82. The Labute approximate surface area is 160 Å². The molecular formula is C22H27NO4. The number of carbonyl (C=O) groups excluding carboxylic acids is 2. The number of rotatable bonds is 9. The summed E-state index contributed by atoms with van der Waals surface area (Å²) < 4.78 is 10.5. The minimum absolute atomic E-state index is 0.0881. The lowest BCUT2D eigenvalue weighted by atomic mass is 9.99. The molecule has 2 aromatic rings. The summed E-state index contributed by atoms with van der Waals surface area (Å²) in [5.74, 6) is 0.364. The summed E-state index contributed by atoms with van der Waals surface area (Å²) in [6, 6.07) is 15.3. The summed E-state index contributed by atoms with van der Waals surface area (Å²) in [6.45, 7) is 6.17. The van der Waals surface area contributed by atoms with Crippen LogP contribution in [0.15, 0.2) is 48.5 Å². The van der Waals surface area contributed by atoms with E-state index in [2.05, 4.69) is 19.2 Å². The minimum Gasteiger partial charge on any atom is -0.493 e. The highest BCUT2D eigenvalue weighted by Gasteiger charge is 2.09. The maximum Gasteiger partial charge on any atom is 0.309 e. The van der Waals surface area contributed by atoms with Crippen LogP contribution in [-0.4, -0.2) is 25.1 Å². The fourth-order valence-electron chi connectivity index (χ4n) is 2.50. The predicted molar refractivity (Wildman–Crippen MR) is 106 cm³/mol. The highest BCUT2D eigenvalue weighted by atomic mass is 16.5. The number of anilines is 1. The number of esters is 1. The molecule has 0 unspecified atom stereocenters. The van der Waals surface area contributed by atoms with Crippen LogP contribution in [0.2, 0.25) is 0 Å². The van der Waals surface area contributed by atoms with Crippen molar-refractivity contribution in [2.75, 3.05) is 18.5 Å². The van der Waals surface area contributed by atoms with Gasteiger partial charge in [-0.15, -0.1) is 0 Å². The van der Waals surface area contributed by atoms with Crippen molar-refractivity contribution in [1.29, 1.82) is 0 Å². The van der Waals surface area contributed by atoms with Gasteiger partial charge in [0.25, 0.3) is 5.91 Å². The zero-order valence-corrected chi connectivity index (χ0v) is 16.2. The van der Waals surface area contributed by atoms with Crippen LogP contribution in [0.25, 0.3) is 0 Å². The molecule has 0 aliphatic carbocycles. The molecule has 0 aromatic heterocycles. The van der Waals surface area contributed by atoms with Crippen LogP contribution in [0.4, 0.5) is 5.69 Å². The number of carbonyl (C=O) groups is 2. The zero-order chi connectivity index (χ0) is 19.6. The molecule has 0 saturated heterocycles. The predicted octanol–water partition coefficient (Wildman–Crippen LogP) is 4.46. The topological polar surface area (TPSA) is 64.6 Å². The van der Waals surface area contributed by atoms with Gasteiger partial charge in [0.15, 0.2) is 6.61 Å². The average molecular weight is 369 g/mol. The number of amides is 1. The van der Waals surface area contributed by atoms with Gasteiger partial charge >= 0.3 is 5.97 Å². The molecule has 0 radical (unpaired) electrons. The van der Waals surface area contributed by atoms with E-state index >= 15 is 0 Å². The van der Waals surface area contributed by atoms with Crippen molar-refractivity contribution in [3.8, 4) is 5.75 Å². The molecule has 2 aromatic carbocycles. The summed E-state index contributed by atoms with van der Waals surface area (Å²) in [7, 11) is 0. The standard InChI is InChI=1S/C22H27NO4/c1-4-17(3)18-8-10-19(11-9-18)23-21(24)15-27-22(25)12-13-26-20-7-5-6-16(2)14-20/h5-11,14,17H,4,12-13,15H2,1-3H3,(H,23,24)/t17-/m0/s1. The van der Waals surface area contributed by atoms with E-state index in [4.69, 9.17) is 9.47 Å². The second-order valence-corrected chi connectivity index (χ2v) is 6.56. The zero-order valence-electron chi connectivity index (χ0n) is 16.2. The van der Waals surface area contributed by atoms with E-state index < -0.39 is 5.97 Å². The van der Waals surface area contributed by atoms with Crippen LogP contribution >= 0.6 is 0 Å². The van der Waals surface area contributed by atoms with E-state index in [1.165, 1.54) is 5.56 Å². The van der Waals surface area contributed by atoms with E-state index in [0.717, 1.165) is 12.0 Å². The van der Waals surface area contributed by atoms with Gasteiger partial charge in [-0.25, -0.2) is 0 Å². The molecule has 0 heterocycles. The molecule has 1 amide bonds. The first-order valence-electron chi connectivity index (χ1n) is 9.23. The number of benzene rings is 2. The molecular weight excluding hydrogens is 342 g/mol. The number of nitrogens with one attached hydrogen (secondary N) is 1. The van der Waals surface area contributed by atoms with Gasteiger partial charge in [-0.05, 0) is 54.7 Å². The lowest BCUT2D eigenvalue weighted by molar-refractivity contribution is -0.147. The van der Waals surface area contributed by atoms with Crippen molar-refractivity contribution in [1.82, 2.24) is 0 Å². The third-order valence-corrected chi connectivity index (χ3v) is 4.30. The van der Waals surface area contributed by atoms with Gasteiger partial charge in [-0.1, -0.05) is 38.1 Å². The fourth-order valence-corrected chi connectivity index (χ4v) is 2.50. The van der Waals surface area contributed by atoms with E-state index in [1.807, 2.05) is 55.5 Å². The molecule has 0 fully saturated rings. The fraction of sp³-hybridized carbons (Fsp3) is 0.364. The van der Waals surface area contributed by atoms with Crippen molar-refractivity contribution < 1.29 is 19.1 Å². The maximum atomic E-state index is 11.9. The van der Waals surface area contributed by atoms with Crippen molar-refractivity contribution in [2.24, 2.45) is 0 Å². The van der Waals surface area contributed by atoms with Crippen LogP contribution in [0.3, 0.4) is 0 Å². The van der Waals surface area contributed by atoms with Gasteiger partial charge in [0.05, 0.1) is 13.0 Å². The normalized spacial score (nSPS) is 11.5. The number of ether oxygens (including phenoxy) is 2. The number of hydrogen-bond donors (Lipinski definition) is 1. The van der Waals surface area contributed by atoms with Crippen molar-refractivity contribution in [2.45, 2.75) is 39.5 Å². The molecule has 0 spiro atoms. The summed E-state index contributed by atoms with van der Waals surface area (Å²) in [6.07, 6.45) is 1.15. The van der Waals surface area contributed by atoms with E-state index in [9.17, 15) is 9.59 Å². The smallest absolute Gasteiger partial charge is 0.309 e. The van der Waals surface area contributed by atoms with Crippen LogP contribution in [-0.2, 0) is 14.3 Å². The summed E-state index contributed by atoms with van der Waals surface area (Å²) in [4.78, 5) is 23.6. The Morgan fingerprint density at radius 1 is 1.11 bits per heavy atom. The molecule has 0 aliphatic rings. The van der Waals surface area contributed by atoms with Gasteiger partial charge in [0.2, 0.25) is 0 Å². The Bertz CT molecular complexity index is 755. The van der Waals surface area contributed by atoms with Crippen molar-refractivity contribution in [3.05, 3.63) is 59.7 Å². The third kappa shape index (κ3) is 7.13. The monoisotopic (exact) mass is 369 g/mol. The molecule has 1 N–H and O–H groups in total. The maximum absolute atomic E-state index is 11.9. The molecule has 144 valence electrons. The molecule has 0 aliphatic heterocycles. The second-order valence-electron chi connectivity index (χ2n) is 6.56. The van der Waals surface area contributed by atoms with Gasteiger partial charge < -0.3 is 14.8 Å². The van der Waals surface area contributed by atoms with Crippen LogP contribution < -0.4 is 10.1 Å². The SMILES string of the molecule is CC[C@H](C)c1ccc(NC(=O)COC(=O)CCOc2cccc(C)c2)cc1. The van der Waals surface area contributed by atoms with Gasteiger partial charge in [-0.2, -0.15) is 0 Å². The van der Waals surface area contributed by atoms with Gasteiger partial charge in [0, 0.05) is 5.69 Å². The third-order valence-electron chi connectivity index (χ3n) is 4.30. The number of hydrogen-bond acceptors (Lipinski definition) is 4. The first-order valence-corrected chi connectivity index (χ1v) is 9.23. The Morgan fingerprint density at radius 2 is 1.85 bits per heavy atom. The molecule has 0 saturated carbocycles. The first kappa shape index (κ1) is 20.5. The van der Waals surface area contributed by atoms with Crippen LogP contribution in [0, 0.1) is 6.92 Å². The molecule has 0 bridgehead atoms. The first-order chi connectivity index (χ1) is 13.0. The number of aryl methyl sites for hydroxylation is 1. The van der Waals surface area contributed by atoms with Crippen molar-refractivity contribution in [3.63, 3.8) is 0 Å².